The van der Waals surface area contributed by atoms with E-state index in [1.165, 1.54) is 11.8 Å². The zero-order valence-electron chi connectivity index (χ0n) is 14.1. The van der Waals surface area contributed by atoms with Crippen molar-refractivity contribution in [3.63, 3.8) is 0 Å². The van der Waals surface area contributed by atoms with Crippen LogP contribution in [-0.2, 0) is 16.1 Å². The van der Waals surface area contributed by atoms with E-state index in [1.807, 2.05) is 44.2 Å². The SMILES string of the molecule is CCN=C1S/C(=C/c2cn(CC(=O)O)c3ccccc23)C(=O)N1CC. The van der Waals surface area contributed by atoms with Gasteiger partial charge in [0.1, 0.15) is 6.54 Å². The number of fused-ring (bicyclic) bond motifs is 1. The van der Waals surface area contributed by atoms with Gasteiger partial charge in [0, 0.05) is 35.8 Å². The number of benzene rings is 1. The van der Waals surface area contributed by atoms with Gasteiger partial charge in [-0.25, -0.2) is 0 Å². The lowest BCUT2D eigenvalue weighted by Crippen LogP contribution is -2.28. The second-order valence-electron chi connectivity index (χ2n) is 5.54. The number of amidine groups is 1. The van der Waals surface area contributed by atoms with Gasteiger partial charge in [0.05, 0.1) is 4.91 Å². The van der Waals surface area contributed by atoms with Crippen LogP contribution >= 0.6 is 11.8 Å². The maximum atomic E-state index is 12.6. The average molecular weight is 357 g/mol. The van der Waals surface area contributed by atoms with Crippen LogP contribution in [0, 0.1) is 0 Å². The lowest BCUT2D eigenvalue weighted by molar-refractivity contribution is -0.137. The number of rotatable bonds is 5. The minimum absolute atomic E-state index is 0.0604. The number of para-hydroxylation sites is 1. The summed E-state index contributed by atoms with van der Waals surface area (Å²) in [5, 5.41) is 10.7. The van der Waals surface area contributed by atoms with Gasteiger partial charge in [-0.1, -0.05) is 18.2 Å². The second kappa shape index (κ2) is 7.14. The van der Waals surface area contributed by atoms with Crippen molar-refractivity contribution in [2.75, 3.05) is 13.1 Å². The Labute approximate surface area is 149 Å². The molecular weight excluding hydrogens is 338 g/mol. The molecular formula is C18H19N3O3S. The number of carbonyl (C=O) groups excluding carboxylic acids is 1. The Morgan fingerprint density at radius 3 is 2.76 bits per heavy atom. The molecule has 2 aromatic rings. The molecule has 0 spiro atoms. The highest BCUT2D eigenvalue weighted by Gasteiger charge is 2.32. The lowest BCUT2D eigenvalue weighted by Gasteiger charge is -2.11. The number of carboxylic acids is 1. The number of thioether (sulfide) groups is 1. The Balaban J connectivity index is 2.05. The minimum Gasteiger partial charge on any atom is -0.480 e. The standard InChI is InChI=1S/C18H19N3O3S/c1-3-19-18-21(4-2)17(24)15(25-18)9-12-10-20(11-16(22)23)14-8-6-5-7-13(12)14/h5-10H,3-4,11H2,1-2H3,(H,22,23)/b15-9+,19-18?. The minimum atomic E-state index is -0.902. The monoisotopic (exact) mass is 357 g/mol. The van der Waals surface area contributed by atoms with Gasteiger partial charge in [0.2, 0.25) is 0 Å². The number of carbonyl (C=O) groups is 2. The highest BCUT2D eigenvalue weighted by Crippen LogP contribution is 2.34. The molecule has 0 bridgehead atoms. The van der Waals surface area contributed by atoms with Gasteiger partial charge in [-0.15, -0.1) is 0 Å². The predicted octanol–water partition coefficient (Wildman–Crippen LogP) is 3.04. The summed E-state index contributed by atoms with van der Waals surface area (Å²) in [6, 6.07) is 7.59. The molecule has 1 amide bonds. The van der Waals surface area contributed by atoms with Gasteiger partial charge in [0.15, 0.2) is 5.17 Å². The number of nitrogens with zero attached hydrogens (tertiary/aromatic N) is 3. The maximum absolute atomic E-state index is 12.6. The largest absolute Gasteiger partial charge is 0.480 e. The summed E-state index contributed by atoms with van der Waals surface area (Å²) in [4.78, 5) is 30.4. The van der Waals surface area contributed by atoms with E-state index in [2.05, 4.69) is 4.99 Å². The fraction of sp³-hybridized carbons (Fsp3) is 0.278. The maximum Gasteiger partial charge on any atom is 0.323 e. The van der Waals surface area contributed by atoms with Crippen molar-refractivity contribution in [2.45, 2.75) is 20.4 Å². The first-order valence-electron chi connectivity index (χ1n) is 8.10. The summed E-state index contributed by atoms with van der Waals surface area (Å²) >= 11 is 1.36. The van der Waals surface area contributed by atoms with Crippen molar-refractivity contribution < 1.29 is 14.7 Å². The van der Waals surface area contributed by atoms with E-state index < -0.39 is 5.97 Å². The molecule has 25 heavy (non-hydrogen) atoms. The molecule has 0 atom stereocenters. The molecule has 1 aromatic heterocycles. The molecule has 0 radical (unpaired) electrons. The van der Waals surface area contributed by atoms with Crippen LogP contribution in [0.25, 0.3) is 17.0 Å². The van der Waals surface area contributed by atoms with Gasteiger partial charge >= 0.3 is 5.97 Å². The smallest absolute Gasteiger partial charge is 0.323 e. The molecule has 1 aliphatic heterocycles. The van der Waals surface area contributed by atoms with Gasteiger partial charge < -0.3 is 9.67 Å². The second-order valence-corrected chi connectivity index (χ2v) is 6.55. The number of amides is 1. The molecule has 3 rings (SSSR count). The Morgan fingerprint density at radius 1 is 1.32 bits per heavy atom. The third kappa shape index (κ3) is 3.32. The van der Waals surface area contributed by atoms with Crippen LogP contribution in [0.3, 0.4) is 0 Å². The van der Waals surface area contributed by atoms with E-state index in [4.69, 9.17) is 5.11 Å². The molecule has 1 fully saturated rings. The molecule has 0 saturated carbocycles. The molecule has 6 nitrogen and oxygen atoms in total. The van der Waals surface area contributed by atoms with Crippen LogP contribution < -0.4 is 0 Å². The Hall–Kier alpha value is -2.54. The quantitative estimate of drug-likeness (QED) is 0.835. The first-order valence-corrected chi connectivity index (χ1v) is 8.92. The number of likely N-dealkylation sites (N-methyl/N-ethyl adjacent to an activating group) is 1. The van der Waals surface area contributed by atoms with Crippen LogP contribution in [-0.4, -0.2) is 44.7 Å². The topological polar surface area (TPSA) is 74.9 Å². The van der Waals surface area contributed by atoms with Crippen molar-refractivity contribution in [1.29, 1.82) is 0 Å². The van der Waals surface area contributed by atoms with Crippen LogP contribution in [0.2, 0.25) is 0 Å². The molecule has 130 valence electrons. The van der Waals surface area contributed by atoms with E-state index >= 15 is 0 Å². The van der Waals surface area contributed by atoms with Crippen LogP contribution in [0.5, 0.6) is 0 Å². The van der Waals surface area contributed by atoms with Crippen LogP contribution in [0.15, 0.2) is 40.4 Å². The third-order valence-corrected chi connectivity index (χ3v) is 4.95. The number of hydrogen-bond donors (Lipinski definition) is 1. The summed E-state index contributed by atoms with van der Waals surface area (Å²) in [5.74, 6) is -0.962. The van der Waals surface area contributed by atoms with E-state index in [0.717, 1.165) is 21.6 Å². The fourth-order valence-electron chi connectivity index (χ4n) is 2.85. The molecule has 2 heterocycles. The highest BCUT2D eigenvalue weighted by atomic mass is 32.2. The van der Waals surface area contributed by atoms with E-state index in [-0.39, 0.29) is 12.5 Å². The van der Waals surface area contributed by atoms with E-state index in [1.54, 1.807) is 15.7 Å². The first-order chi connectivity index (χ1) is 12.0. The zero-order chi connectivity index (χ0) is 18.0. The molecule has 0 unspecified atom stereocenters. The van der Waals surface area contributed by atoms with Gasteiger partial charge in [-0.2, -0.15) is 0 Å². The zero-order valence-corrected chi connectivity index (χ0v) is 14.9. The molecule has 0 aliphatic carbocycles. The van der Waals surface area contributed by atoms with Crippen molar-refractivity contribution in [1.82, 2.24) is 9.47 Å². The van der Waals surface area contributed by atoms with Gasteiger partial charge in [0.25, 0.3) is 5.91 Å². The molecule has 1 N–H and O–H groups in total. The van der Waals surface area contributed by atoms with Crippen LogP contribution in [0.4, 0.5) is 0 Å². The Morgan fingerprint density at radius 2 is 2.08 bits per heavy atom. The number of aromatic nitrogens is 1. The summed E-state index contributed by atoms with van der Waals surface area (Å²) in [6.07, 6.45) is 3.61. The van der Waals surface area contributed by atoms with E-state index in [0.29, 0.717) is 18.0 Å². The number of aliphatic imine (C=N–C) groups is 1. The summed E-state index contributed by atoms with van der Waals surface area (Å²) in [7, 11) is 0. The number of hydrogen-bond acceptors (Lipinski definition) is 4. The summed E-state index contributed by atoms with van der Waals surface area (Å²) in [6.45, 7) is 4.94. The molecule has 7 heteroatoms. The Kier molecular flexibility index (Phi) is 4.94. The third-order valence-electron chi connectivity index (χ3n) is 3.91. The Bertz CT molecular complexity index is 898. The van der Waals surface area contributed by atoms with Crippen molar-refractivity contribution in [2.24, 2.45) is 4.99 Å². The highest BCUT2D eigenvalue weighted by molar-refractivity contribution is 8.18. The molecule has 1 aromatic carbocycles. The number of carboxylic acid groups (broad SMARTS) is 1. The van der Waals surface area contributed by atoms with Crippen LogP contribution in [0.1, 0.15) is 19.4 Å². The first kappa shape index (κ1) is 17.3. The number of aliphatic carboxylic acids is 1. The normalized spacial score (nSPS) is 18.0. The fourth-order valence-corrected chi connectivity index (χ4v) is 3.94. The average Bonchev–Trinajstić information content (AvgIpc) is 3.06. The lowest BCUT2D eigenvalue weighted by atomic mass is 10.1. The van der Waals surface area contributed by atoms with Gasteiger partial charge in [-0.3, -0.25) is 19.5 Å². The summed E-state index contributed by atoms with van der Waals surface area (Å²) < 4.78 is 1.69. The van der Waals surface area contributed by atoms with Gasteiger partial charge in [-0.05, 0) is 37.8 Å². The van der Waals surface area contributed by atoms with E-state index in [9.17, 15) is 9.59 Å². The molecule has 1 saturated heterocycles. The summed E-state index contributed by atoms with van der Waals surface area (Å²) in [5.41, 5.74) is 1.67. The molecule has 1 aliphatic rings. The van der Waals surface area contributed by atoms with Crippen molar-refractivity contribution >= 4 is 45.8 Å². The van der Waals surface area contributed by atoms with Crippen molar-refractivity contribution in [3.8, 4) is 0 Å². The predicted molar refractivity (Wildman–Crippen MR) is 101 cm³/mol. The van der Waals surface area contributed by atoms with Crippen molar-refractivity contribution in [3.05, 3.63) is 40.9 Å².